The van der Waals surface area contributed by atoms with Crippen molar-refractivity contribution < 1.29 is 9.53 Å². The number of carbonyl (C=O) groups is 1. The first kappa shape index (κ1) is 16.4. The maximum Gasteiger partial charge on any atom is 0.239 e. The molecule has 0 aliphatic carbocycles. The van der Waals surface area contributed by atoms with Crippen LogP contribution in [0.1, 0.15) is 27.7 Å². The zero-order valence-electron chi connectivity index (χ0n) is 12.8. The van der Waals surface area contributed by atoms with Crippen LogP contribution in [0.5, 0.6) is 0 Å². The number of rotatable bonds is 6. The minimum atomic E-state index is -0.365. The highest BCUT2D eigenvalue weighted by Crippen LogP contribution is 2.07. The molecule has 0 saturated carbocycles. The first-order valence-electron chi connectivity index (χ1n) is 7.30. The van der Waals surface area contributed by atoms with E-state index in [0.29, 0.717) is 0 Å². The Labute approximate surface area is 117 Å². The number of ether oxygens (including phenoxy) is 1. The number of piperazine rings is 1. The van der Waals surface area contributed by atoms with Gasteiger partial charge in [-0.25, -0.2) is 0 Å². The van der Waals surface area contributed by atoms with Crippen molar-refractivity contribution >= 4 is 5.91 Å². The summed E-state index contributed by atoms with van der Waals surface area (Å²) in [7, 11) is 0. The second-order valence-electron chi connectivity index (χ2n) is 5.86. The molecule has 1 amide bonds. The molecule has 19 heavy (non-hydrogen) atoms. The lowest BCUT2D eigenvalue weighted by molar-refractivity contribution is -0.135. The van der Waals surface area contributed by atoms with Crippen LogP contribution in [0.15, 0.2) is 0 Å². The SMILES string of the molecule is CC(C)OCCN1CCN(C(=O)[C@@H](N)C(C)C)CC1. The van der Waals surface area contributed by atoms with E-state index in [1.165, 1.54) is 0 Å². The van der Waals surface area contributed by atoms with Crippen molar-refractivity contribution in [1.82, 2.24) is 9.80 Å². The molecule has 0 aromatic heterocycles. The molecule has 1 atom stereocenters. The molecule has 0 aromatic carbocycles. The van der Waals surface area contributed by atoms with Crippen LogP contribution in [0.25, 0.3) is 0 Å². The molecule has 0 spiro atoms. The smallest absolute Gasteiger partial charge is 0.239 e. The predicted octanol–water partition coefficient (Wildman–Crippen LogP) is 0.539. The molecule has 5 heteroatoms. The van der Waals surface area contributed by atoms with E-state index in [0.717, 1.165) is 39.3 Å². The van der Waals surface area contributed by atoms with Crippen molar-refractivity contribution in [3.05, 3.63) is 0 Å². The van der Waals surface area contributed by atoms with Crippen LogP contribution in [0.3, 0.4) is 0 Å². The fraction of sp³-hybridized carbons (Fsp3) is 0.929. The lowest BCUT2D eigenvalue weighted by Gasteiger charge is -2.36. The second kappa shape index (κ2) is 7.82. The number of carbonyl (C=O) groups excluding carboxylic acids is 1. The Morgan fingerprint density at radius 3 is 2.21 bits per heavy atom. The highest BCUT2D eigenvalue weighted by molar-refractivity contribution is 5.82. The Balaban J connectivity index is 2.27. The lowest BCUT2D eigenvalue weighted by atomic mass is 10.0. The van der Waals surface area contributed by atoms with Gasteiger partial charge in [0.2, 0.25) is 5.91 Å². The first-order valence-corrected chi connectivity index (χ1v) is 7.30. The fourth-order valence-corrected chi connectivity index (χ4v) is 2.11. The van der Waals surface area contributed by atoms with Crippen LogP contribution in [-0.2, 0) is 9.53 Å². The third-order valence-electron chi connectivity index (χ3n) is 3.55. The monoisotopic (exact) mass is 271 g/mol. The molecule has 1 aliphatic rings. The molecular formula is C14H29N3O2. The molecule has 1 saturated heterocycles. The Morgan fingerprint density at radius 1 is 1.16 bits per heavy atom. The first-order chi connectivity index (χ1) is 8.91. The van der Waals surface area contributed by atoms with E-state index in [9.17, 15) is 4.79 Å². The summed E-state index contributed by atoms with van der Waals surface area (Å²) in [6.07, 6.45) is 0.284. The standard InChI is InChI=1S/C14H29N3O2/c1-11(2)13(15)14(18)17-7-5-16(6-8-17)9-10-19-12(3)4/h11-13H,5-10,15H2,1-4H3/t13-/m0/s1. The van der Waals surface area contributed by atoms with Crippen molar-refractivity contribution in [2.75, 3.05) is 39.3 Å². The van der Waals surface area contributed by atoms with Crippen molar-refractivity contribution in [2.45, 2.75) is 39.8 Å². The van der Waals surface area contributed by atoms with E-state index >= 15 is 0 Å². The van der Waals surface area contributed by atoms with E-state index < -0.39 is 0 Å². The average molecular weight is 271 g/mol. The zero-order valence-corrected chi connectivity index (χ0v) is 12.8. The van der Waals surface area contributed by atoms with Gasteiger partial charge in [-0.2, -0.15) is 0 Å². The second-order valence-corrected chi connectivity index (χ2v) is 5.86. The van der Waals surface area contributed by atoms with Gasteiger partial charge in [-0.1, -0.05) is 13.8 Å². The van der Waals surface area contributed by atoms with Gasteiger partial charge in [-0.15, -0.1) is 0 Å². The lowest BCUT2D eigenvalue weighted by Crippen LogP contribution is -2.54. The number of nitrogens with zero attached hydrogens (tertiary/aromatic N) is 2. The van der Waals surface area contributed by atoms with Gasteiger partial charge in [-0.3, -0.25) is 9.69 Å². The molecule has 0 bridgehead atoms. The molecule has 0 unspecified atom stereocenters. The summed E-state index contributed by atoms with van der Waals surface area (Å²) in [6, 6.07) is -0.365. The minimum Gasteiger partial charge on any atom is -0.377 e. The molecule has 1 fully saturated rings. The minimum absolute atomic E-state index is 0.0908. The molecule has 0 radical (unpaired) electrons. The average Bonchev–Trinajstić information content (AvgIpc) is 2.37. The van der Waals surface area contributed by atoms with Crippen molar-refractivity contribution in [3.63, 3.8) is 0 Å². The van der Waals surface area contributed by atoms with Gasteiger partial charge in [-0.05, 0) is 19.8 Å². The molecule has 1 aliphatic heterocycles. The summed E-state index contributed by atoms with van der Waals surface area (Å²) >= 11 is 0. The van der Waals surface area contributed by atoms with E-state index in [-0.39, 0.29) is 24.0 Å². The molecule has 1 rings (SSSR count). The highest BCUT2D eigenvalue weighted by atomic mass is 16.5. The number of hydrogen-bond acceptors (Lipinski definition) is 4. The molecule has 5 nitrogen and oxygen atoms in total. The van der Waals surface area contributed by atoms with Gasteiger partial charge in [0.25, 0.3) is 0 Å². The Hall–Kier alpha value is -0.650. The number of hydrogen-bond donors (Lipinski definition) is 1. The van der Waals surface area contributed by atoms with Crippen molar-refractivity contribution in [2.24, 2.45) is 11.7 Å². The zero-order chi connectivity index (χ0) is 14.4. The van der Waals surface area contributed by atoms with Crippen molar-refractivity contribution in [3.8, 4) is 0 Å². The number of amides is 1. The summed E-state index contributed by atoms with van der Waals surface area (Å²) in [5.74, 6) is 0.290. The van der Waals surface area contributed by atoms with Crippen molar-refractivity contribution in [1.29, 1.82) is 0 Å². The Bertz CT molecular complexity index is 274. The maximum absolute atomic E-state index is 12.1. The van der Waals surface area contributed by atoms with E-state index in [1.807, 2.05) is 32.6 Å². The van der Waals surface area contributed by atoms with Gasteiger partial charge < -0.3 is 15.4 Å². The Kier molecular flexibility index (Phi) is 6.75. The summed E-state index contributed by atoms with van der Waals surface area (Å²) in [6.45, 7) is 13.2. The van der Waals surface area contributed by atoms with E-state index in [1.54, 1.807) is 0 Å². The summed E-state index contributed by atoms with van der Waals surface area (Å²) in [4.78, 5) is 16.3. The third-order valence-corrected chi connectivity index (χ3v) is 3.55. The summed E-state index contributed by atoms with van der Waals surface area (Å²) in [5.41, 5.74) is 5.91. The molecule has 0 aromatic rings. The van der Waals surface area contributed by atoms with E-state index in [2.05, 4.69) is 4.90 Å². The number of nitrogens with two attached hydrogens (primary N) is 1. The maximum atomic E-state index is 12.1. The van der Waals surface area contributed by atoms with Gasteiger partial charge in [0.1, 0.15) is 0 Å². The molecular weight excluding hydrogens is 242 g/mol. The van der Waals surface area contributed by atoms with Gasteiger partial charge in [0.05, 0.1) is 18.8 Å². The van der Waals surface area contributed by atoms with Gasteiger partial charge >= 0.3 is 0 Å². The van der Waals surface area contributed by atoms with Crippen LogP contribution in [0, 0.1) is 5.92 Å². The molecule has 112 valence electrons. The topological polar surface area (TPSA) is 58.8 Å². The van der Waals surface area contributed by atoms with Crippen LogP contribution in [0.2, 0.25) is 0 Å². The van der Waals surface area contributed by atoms with Gasteiger partial charge in [0.15, 0.2) is 0 Å². The molecule has 2 N–H and O–H groups in total. The highest BCUT2D eigenvalue weighted by Gasteiger charge is 2.26. The van der Waals surface area contributed by atoms with Crippen LogP contribution in [-0.4, -0.2) is 67.2 Å². The van der Waals surface area contributed by atoms with Crippen LogP contribution >= 0.6 is 0 Å². The summed E-state index contributed by atoms with van der Waals surface area (Å²) < 4.78 is 5.55. The molecule has 1 heterocycles. The fourth-order valence-electron chi connectivity index (χ4n) is 2.11. The normalized spacial score (nSPS) is 19.2. The predicted molar refractivity (Wildman–Crippen MR) is 76.9 cm³/mol. The third kappa shape index (κ3) is 5.47. The summed E-state index contributed by atoms with van der Waals surface area (Å²) in [5, 5.41) is 0. The largest absolute Gasteiger partial charge is 0.377 e. The Morgan fingerprint density at radius 2 is 1.74 bits per heavy atom. The van der Waals surface area contributed by atoms with Crippen LogP contribution in [0.4, 0.5) is 0 Å². The quantitative estimate of drug-likeness (QED) is 0.766. The van der Waals surface area contributed by atoms with E-state index in [4.69, 9.17) is 10.5 Å². The van der Waals surface area contributed by atoms with Crippen LogP contribution < -0.4 is 5.73 Å². The van der Waals surface area contributed by atoms with Gasteiger partial charge in [0, 0.05) is 32.7 Å².